The monoisotopic (exact) mass is 358 g/mol. The number of amides is 1. The Morgan fingerprint density at radius 2 is 1.92 bits per heavy atom. The summed E-state index contributed by atoms with van der Waals surface area (Å²) in [6, 6.07) is 8.15. The van der Waals surface area contributed by atoms with Crippen LogP contribution in [0.5, 0.6) is 5.75 Å². The maximum absolute atomic E-state index is 12.5. The van der Waals surface area contributed by atoms with Crippen LogP contribution in [0.4, 0.5) is 5.69 Å². The summed E-state index contributed by atoms with van der Waals surface area (Å²) in [6.07, 6.45) is 0. The summed E-state index contributed by atoms with van der Waals surface area (Å²) in [5, 5.41) is 7.46. The van der Waals surface area contributed by atoms with E-state index in [9.17, 15) is 4.79 Å². The highest BCUT2D eigenvalue weighted by molar-refractivity contribution is 5.93. The summed E-state index contributed by atoms with van der Waals surface area (Å²) in [4.78, 5) is 14.5. The number of carbonyl (C=O) groups is 1. The van der Waals surface area contributed by atoms with Crippen LogP contribution in [-0.4, -0.2) is 40.8 Å². The molecule has 0 spiro atoms. The molecular weight excluding hydrogens is 328 g/mol. The van der Waals surface area contributed by atoms with E-state index in [-0.39, 0.29) is 11.9 Å². The highest BCUT2D eigenvalue weighted by Crippen LogP contribution is 2.23. The number of nitrogens with one attached hydrogen (secondary N) is 1. The molecule has 0 saturated carbocycles. The van der Waals surface area contributed by atoms with Crippen LogP contribution in [0.25, 0.3) is 0 Å². The lowest BCUT2D eigenvalue weighted by molar-refractivity contribution is -0.117. The molecule has 142 valence electrons. The molecule has 2 rings (SSSR count). The molecule has 0 bridgehead atoms. The fourth-order valence-electron chi connectivity index (χ4n) is 2.99. The summed E-state index contributed by atoms with van der Waals surface area (Å²) in [7, 11) is 1.95. The molecule has 1 N–H and O–H groups in total. The molecule has 1 atom stereocenters. The molecule has 0 unspecified atom stereocenters. The fourth-order valence-corrected chi connectivity index (χ4v) is 2.99. The average Bonchev–Trinajstić information content (AvgIpc) is 2.89. The number of hydrogen-bond acceptors (Lipinski definition) is 4. The number of aromatic nitrogens is 2. The molecule has 0 aliphatic heterocycles. The van der Waals surface area contributed by atoms with Gasteiger partial charge in [0.25, 0.3) is 0 Å². The minimum absolute atomic E-state index is 0.0351. The smallest absolute Gasteiger partial charge is 0.238 e. The third-order valence-electron chi connectivity index (χ3n) is 4.67. The zero-order chi connectivity index (χ0) is 19.3. The van der Waals surface area contributed by atoms with Crippen molar-refractivity contribution in [3.05, 3.63) is 41.2 Å². The van der Waals surface area contributed by atoms with Crippen LogP contribution in [-0.2, 0) is 11.3 Å². The Morgan fingerprint density at radius 3 is 2.46 bits per heavy atom. The number of rotatable bonds is 8. The van der Waals surface area contributed by atoms with Gasteiger partial charge in [0, 0.05) is 12.6 Å². The predicted molar refractivity (Wildman–Crippen MR) is 105 cm³/mol. The predicted octanol–water partition coefficient (Wildman–Crippen LogP) is 3.55. The third-order valence-corrected chi connectivity index (χ3v) is 4.67. The van der Waals surface area contributed by atoms with Crippen molar-refractivity contribution in [2.45, 2.75) is 47.2 Å². The molecule has 0 aliphatic carbocycles. The first-order valence-electron chi connectivity index (χ1n) is 9.14. The first kappa shape index (κ1) is 20.0. The van der Waals surface area contributed by atoms with Gasteiger partial charge in [-0.1, -0.05) is 12.1 Å². The van der Waals surface area contributed by atoms with E-state index in [4.69, 9.17) is 4.74 Å². The van der Waals surface area contributed by atoms with Gasteiger partial charge in [0.2, 0.25) is 5.91 Å². The molecule has 2 aromatic rings. The van der Waals surface area contributed by atoms with Crippen molar-refractivity contribution in [3.63, 3.8) is 0 Å². The normalized spacial score (nSPS) is 12.3. The third kappa shape index (κ3) is 4.64. The Labute approximate surface area is 156 Å². The van der Waals surface area contributed by atoms with Crippen molar-refractivity contribution in [2.24, 2.45) is 0 Å². The summed E-state index contributed by atoms with van der Waals surface area (Å²) < 4.78 is 7.38. The molecule has 1 aromatic carbocycles. The van der Waals surface area contributed by atoms with Crippen molar-refractivity contribution in [3.8, 4) is 5.75 Å². The number of likely N-dealkylation sites (N-methyl/N-ethyl adjacent to an activating group) is 1. The Bertz CT molecular complexity index is 737. The fraction of sp³-hybridized carbons (Fsp3) is 0.500. The van der Waals surface area contributed by atoms with Gasteiger partial charge < -0.3 is 10.1 Å². The van der Waals surface area contributed by atoms with E-state index in [1.54, 1.807) is 0 Å². The van der Waals surface area contributed by atoms with E-state index in [2.05, 4.69) is 17.3 Å². The van der Waals surface area contributed by atoms with E-state index < -0.39 is 0 Å². The summed E-state index contributed by atoms with van der Waals surface area (Å²) >= 11 is 0. The van der Waals surface area contributed by atoms with E-state index in [1.165, 1.54) is 0 Å². The lowest BCUT2D eigenvalue weighted by atomic mass is 10.1. The van der Waals surface area contributed by atoms with Crippen molar-refractivity contribution in [2.75, 3.05) is 25.5 Å². The summed E-state index contributed by atoms with van der Waals surface area (Å²) in [5.41, 5.74) is 3.80. The van der Waals surface area contributed by atoms with Crippen molar-refractivity contribution >= 4 is 11.6 Å². The van der Waals surface area contributed by atoms with Gasteiger partial charge in [0.1, 0.15) is 5.75 Å². The molecule has 0 aliphatic rings. The van der Waals surface area contributed by atoms with E-state index >= 15 is 0 Å². The van der Waals surface area contributed by atoms with Gasteiger partial charge in [-0.3, -0.25) is 14.4 Å². The molecule has 1 heterocycles. The Morgan fingerprint density at radius 1 is 1.27 bits per heavy atom. The quantitative estimate of drug-likeness (QED) is 0.784. The minimum Gasteiger partial charge on any atom is -0.494 e. The SMILES string of the molecule is CCOc1ccc([C@@H](C)N(C)CC(=O)Nc2c(C)nn(CC)c2C)cc1. The van der Waals surface area contributed by atoms with Gasteiger partial charge in [-0.2, -0.15) is 5.10 Å². The van der Waals surface area contributed by atoms with E-state index in [1.807, 2.05) is 68.6 Å². The number of ether oxygens (including phenoxy) is 1. The molecule has 1 amide bonds. The maximum atomic E-state index is 12.5. The van der Waals surface area contributed by atoms with Crippen LogP contribution in [0, 0.1) is 13.8 Å². The van der Waals surface area contributed by atoms with E-state index in [0.717, 1.165) is 34.9 Å². The van der Waals surface area contributed by atoms with Gasteiger partial charge in [0.15, 0.2) is 0 Å². The lowest BCUT2D eigenvalue weighted by Crippen LogP contribution is -2.32. The highest BCUT2D eigenvalue weighted by atomic mass is 16.5. The maximum Gasteiger partial charge on any atom is 0.238 e. The second-order valence-corrected chi connectivity index (χ2v) is 6.50. The number of aryl methyl sites for hydroxylation is 2. The first-order valence-corrected chi connectivity index (χ1v) is 9.14. The number of carbonyl (C=O) groups excluding carboxylic acids is 1. The van der Waals surface area contributed by atoms with E-state index in [0.29, 0.717) is 13.2 Å². The molecule has 0 radical (unpaired) electrons. The molecule has 1 aromatic heterocycles. The molecule has 0 fully saturated rings. The zero-order valence-corrected chi connectivity index (χ0v) is 16.7. The molecule has 6 heteroatoms. The van der Waals surface area contributed by atoms with Gasteiger partial charge in [0.05, 0.1) is 30.2 Å². The van der Waals surface area contributed by atoms with Crippen molar-refractivity contribution in [1.29, 1.82) is 0 Å². The Hall–Kier alpha value is -2.34. The average molecular weight is 358 g/mol. The van der Waals surface area contributed by atoms with Gasteiger partial charge in [-0.05, 0) is 59.4 Å². The molecule has 6 nitrogen and oxygen atoms in total. The second kappa shape index (κ2) is 8.85. The Balaban J connectivity index is 1.98. The van der Waals surface area contributed by atoms with Crippen LogP contribution >= 0.6 is 0 Å². The summed E-state index contributed by atoms with van der Waals surface area (Å²) in [6.45, 7) is 11.7. The first-order chi connectivity index (χ1) is 12.4. The van der Waals surface area contributed by atoms with Gasteiger partial charge in [-0.25, -0.2) is 0 Å². The topological polar surface area (TPSA) is 59.4 Å². The lowest BCUT2D eigenvalue weighted by Gasteiger charge is -2.24. The zero-order valence-electron chi connectivity index (χ0n) is 16.7. The van der Waals surface area contributed by atoms with Crippen LogP contribution in [0.1, 0.15) is 43.8 Å². The molecule has 0 saturated heterocycles. The number of nitrogens with zero attached hydrogens (tertiary/aromatic N) is 3. The summed E-state index contributed by atoms with van der Waals surface area (Å²) in [5.74, 6) is 0.829. The van der Waals surface area contributed by atoms with Gasteiger partial charge >= 0.3 is 0 Å². The van der Waals surface area contributed by atoms with Crippen molar-refractivity contribution in [1.82, 2.24) is 14.7 Å². The van der Waals surface area contributed by atoms with Crippen LogP contribution in [0.2, 0.25) is 0 Å². The second-order valence-electron chi connectivity index (χ2n) is 6.50. The molecular formula is C20H30N4O2. The minimum atomic E-state index is -0.0351. The van der Waals surface area contributed by atoms with Crippen LogP contribution < -0.4 is 10.1 Å². The Kier molecular flexibility index (Phi) is 6.80. The number of anilines is 1. The number of benzene rings is 1. The van der Waals surface area contributed by atoms with Crippen molar-refractivity contribution < 1.29 is 9.53 Å². The standard InChI is InChI=1S/C20H30N4O2/c1-7-24-16(5)20(14(3)22-24)21-19(25)13-23(6)15(4)17-9-11-18(12-10-17)26-8-2/h9-12,15H,7-8,13H2,1-6H3,(H,21,25)/t15-/m1/s1. The highest BCUT2D eigenvalue weighted by Gasteiger charge is 2.18. The molecule has 26 heavy (non-hydrogen) atoms. The number of hydrogen-bond donors (Lipinski definition) is 1. The van der Waals surface area contributed by atoms with Crippen LogP contribution in [0.3, 0.4) is 0 Å². The largest absolute Gasteiger partial charge is 0.494 e. The van der Waals surface area contributed by atoms with Crippen LogP contribution in [0.15, 0.2) is 24.3 Å². The van der Waals surface area contributed by atoms with Gasteiger partial charge in [-0.15, -0.1) is 0 Å².